The van der Waals surface area contributed by atoms with E-state index >= 15 is 0 Å². The molecule has 19 heavy (non-hydrogen) atoms. The zero-order valence-electron chi connectivity index (χ0n) is 10.5. The summed E-state index contributed by atoms with van der Waals surface area (Å²) in [5, 5.41) is 4.60. The second-order valence-corrected chi connectivity index (χ2v) is 4.54. The fraction of sp³-hybridized carbons (Fsp3) is 0.308. The van der Waals surface area contributed by atoms with Crippen LogP contribution in [0.1, 0.15) is 5.56 Å². The van der Waals surface area contributed by atoms with E-state index in [-0.39, 0.29) is 5.91 Å². The minimum absolute atomic E-state index is 0.174. The van der Waals surface area contributed by atoms with E-state index in [9.17, 15) is 4.79 Å². The van der Waals surface area contributed by atoms with E-state index < -0.39 is 5.92 Å². The van der Waals surface area contributed by atoms with E-state index in [1.807, 2.05) is 24.3 Å². The molecule has 0 aliphatic carbocycles. The van der Waals surface area contributed by atoms with Crippen molar-refractivity contribution in [2.75, 3.05) is 13.7 Å². The molecule has 0 spiro atoms. The van der Waals surface area contributed by atoms with Crippen molar-refractivity contribution < 1.29 is 9.53 Å². The first-order valence-electron chi connectivity index (χ1n) is 5.80. The minimum atomic E-state index is -0.438. The van der Waals surface area contributed by atoms with Crippen molar-refractivity contribution in [2.24, 2.45) is 16.0 Å². The Bertz CT molecular complexity index is 511. The van der Waals surface area contributed by atoms with Gasteiger partial charge in [0.05, 0.1) is 18.9 Å². The van der Waals surface area contributed by atoms with Gasteiger partial charge in [0.1, 0.15) is 5.92 Å². The molecule has 0 saturated carbocycles. The number of ether oxygens (including phenoxy) is 1. The summed E-state index contributed by atoms with van der Waals surface area (Å²) in [4.78, 5) is 15.8. The summed E-state index contributed by atoms with van der Waals surface area (Å²) in [6.07, 6.45) is 1.61. The highest BCUT2D eigenvalue weighted by atomic mass is 35.5. The van der Waals surface area contributed by atoms with Gasteiger partial charge in [-0.1, -0.05) is 23.7 Å². The average molecular weight is 280 g/mol. The summed E-state index contributed by atoms with van der Waals surface area (Å²) in [7, 11) is 1.56. The fourth-order valence-electron chi connectivity index (χ4n) is 1.69. The number of halogens is 1. The maximum absolute atomic E-state index is 11.6. The Kier molecular flexibility index (Phi) is 4.65. The standard InChI is InChI=1S/C13H14ClN3O2/c1-19-8-12-11(13(18)17-16-12)7-15-6-9-2-4-10(14)5-3-9/h2-5,7,11H,6,8H2,1H3,(H,17,18)/t11-/m1/s1. The van der Waals surface area contributed by atoms with Crippen molar-refractivity contribution >= 4 is 29.4 Å². The van der Waals surface area contributed by atoms with Gasteiger partial charge in [-0.05, 0) is 17.7 Å². The number of hydrogen-bond donors (Lipinski definition) is 1. The number of aliphatic imine (C=N–C) groups is 1. The van der Waals surface area contributed by atoms with Gasteiger partial charge < -0.3 is 4.74 Å². The summed E-state index contributed by atoms with van der Waals surface area (Å²) in [5.41, 5.74) is 4.10. The molecule has 1 aliphatic rings. The molecular formula is C13H14ClN3O2. The van der Waals surface area contributed by atoms with Gasteiger partial charge in [0.15, 0.2) is 0 Å². The van der Waals surface area contributed by atoms with E-state index in [4.69, 9.17) is 16.3 Å². The van der Waals surface area contributed by atoms with Gasteiger partial charge >= 0.3 is 0 Å². The van der Waals surface area contributed by atoms with E-state index in [1.165, 1.54) is 0 Å². The number of amides is 1. The number of benzene rings is 1. The minimum Gasteiger partial charge on any atom is -0.379 e. The lowest BCUT2D eigenvalue weighted by atomic mass is 10.1. The van der Waals surface area contributed by atoms with Crippen molar-refractivity contribution in [3.8, 4) is 0 Å². The van der Waals surface area contributed by atoms with Crippen molar-refractivity contribution in [1.82, 2.24) is 5.43 Å². The lowest BCUT2D eigenvalue weighted by Gasteiger charge is -2.03. The number of methoxy groups -OCH3 is 1. The van der Waals surface area contributed by atoms with Crippen molar-refractivity contribution in [3.63, 3.8) is 0 Å². The third kappa shape index (κ3) is 3.62. The number of hydrogen-bond acceptors (Lipinski definition) is 4. The molecule has 0 fully saturated rings. The Balaban J connectivity index is 1.96. The summed E-state index contributed by atoms with van der Waals surface area (Å²) in [6, 6.07) is 7.43. The van der Waals surface area contributed by atoms with Crippen LogP contribution in [0.4, 0.5) is 0 Å². The van der Waals surface area contributed by atoms with Crippen LogP contribution in [0.15, 0.2) is 34.4 Å². The number of hydrazone groups is 1. The molecule has 100 valence electrons. The van der Waals surface area contributed by atoms with E-state index in [2.05, 4.69) is 15.5 Å². The van der Waals surface area contributed by atoms with Crippen LogP contribution >= 0.6 is 11.6 Å². The topological polar surface area (TPSA) is 63.0 Å². The van der Waals surface area contributed by atoms with Gasteiger partial charge in [0.2, 0.25) is 0 Å². The number of carbonyl (C=O) groups is 1. The van der Waals surface area contributed by atoms with Crippen LogP contribution < -0.4 is 5.43 Å². The highest BCUT2D eigenvalue weighted by Gasteiger charge is 2.27. The largest absolute Gasteiger partial charge is 0.379 e. The predicted molar refractivity (Wildman–Crippen MR) is 74.6 cm³/mol. The maximum Gasteiger partial charge on any atom is 0.254 e. The second kappa shape index (κ2) is 6.45. The molecule has 0 unspecified atom stereocenters. The first kappa shape index (κ1) is 13.7. The van der Waals surface area contributed by atoms with E-state index in [0.717, 1.165) is 5.56 Å². The maximum atomic E-state index is 11.6. The van der Waals surface area contributed by atoms with Crippen LogP contribution in [0.25, 0.3) is 0 Å². The molecule has 0 bridgehead atoms. The third-order valence-corrected chi connectivity index (χ3v) is 2.94. The molecule has 1 heterocycles. The molecule has 5 nitrogen and oxygen atoms in total. The van der Waals surface area contributed by atoms with Gasteiger partial charge in [-0.3, -0.25) is 9.79 Å². The molecular weight excluding hydrogens is 266 g/mol. The molecule has 1 aromatic carbocycles. The van der Waals surface area contributed by atoms with Crippen LogP contribution in [-0.2, 0) is 16.1 Å². The first-order chi connectivity index (χ1) is 9.20. The van der Waals surface area contributed by atoms with Crippen molar-refractivity contribution in [3.05, 3.63) is 34.9 Å². The van der Waals surface area contributed by atoms with Gasteiger partial charge in [-0.25, -0.2) is 5.43 Å². The zero-order chi connectivity index (χ0) is 13.7. The van der Waals surface area contributed by atoms with Crippen LogP contribution in [0.3, 0.4) is 0 Å². The van der Waals surface area contributed by atoms with Crippen LogP contribution in [-0.4, -0.2) is 31.6 Å². The highest BCUT2D eigenvalue weighted by molar-refractivity contribution is 6.30. The number of nitrogens with zero attached hydrogens (tertiary/aromatic N) is 2. The van der Waals surface area contributed by atoms with E-state index in [0.29, 0.717) is 23.9 Å². The number of rotatable bonds is 5. The third-order valence-electron chi connectivity index (χ3n) is 2.68. The Labute approximate surface area is 116 Å². The van der Waals surface area contributed by atoms with Crippen molar-refractivity contribution in [1.29, 1.82) is 0 Å². The Morgan fingerprint density at radius 1 is 1.47 bits per heavy atom. The summed E-state index contributed by atoms with van der Waals surface area (Å²) < 4.78 is 4.98. The molecule has 6 heteroatoms. The highest BCUT2D eigenvalue weighted by Crippen LogP contribution is 2.11. The molecule has 0 saturated heterocycles. The normalized spacial score (nSPS) is 18.7. The molecule has 1 atom stereocenters. The van der Waals surface area contributed by atoms with Crippen molar-refractivity contribution in [2.45, 2.75) is 6.54 Å². The molecule has 2 rings (SSSR count). The summed E-state index contributed by atoms with van der Waals surface area (Å²) in [6.45, 7) is 0.817. The molecule has 1 aromatic rings. The molecule has 1 aliphatic heterocycles. The molecule has 0 radical (unpaired) electrons. The smallest absolute Gasteiger partial charge is 0.254 e. The van der Waals surface area contributed by atoms with Gasteiger partial charge in [0, 0.05) is 18.3 Å². The SMILES string of the molecule is COCC1=NNC(=O)[C@@H]1C=NCc1ccc(Cl)cc1. The summed E-state index contributed by atoms with van der Waals surface area (Å²) in [5.74, 6) is -0.612. The monoisotopic (exact) mass is 279 g/mol. The summed E-state index contributed by atoms with van der Waals surface area (Å²) >= 11 is 5.80. The van der Waals surface area contributed by atoms with Crippen LogP contribution in [0, 0.1) is 5.92 Å². The Morgan fingerprint density at radius 2 is 2.21 bits per heavy atom. The number of carbonyl (C=O) groups excluding carboxylic acids is 1. The van der Waals surface area contributed by atoms with Gasteiger partial charge in [0.25, 0.3) is 5.91 Å². The molecule has 0 aromatic heterocycles. The molecule has 1 amide bonds. The quantitative estimate of drug-likeness (QED) is 0.833. The fourth-order valence-corrected chi connectivity index (χ4v) is 1.82. The lowest BCUT2D eigenvalue weighted by Crippen LogP contribution is -2.26. The number of nitrogens with one attached hydrogen (secondary N) is 1. The first-order valence-corrected chi connectivity index (χ1v) is 6.18. The zero-order valence-corrected chi connectivity index (χ0v) is 11.2. The van der Waals surface area contributed by atoms with E-state index in [1.54, 1.807) is 13.3 Å². The average Bonchev–Trinajstić information content (AvgIpc) is 2.74. The molecule has 1 N–H and O–H groups in total. The van der Waals surface area contributed by atoms with Gasteiger partial charge in [-0.2, -0.15) is 5.10 Å². The Morgan fingerprint density at radius 3 is 2.89 bits per heavy atom. The van der Waals surface area contributed by atoms with Crippen LogP contribution in [0.2, 0.25) is 5.02 Å². The van der Waals surface area contributed by atoms with Crippen LogP contribution in [0.5, 0.6) is 0 Å². The Hall–Kier alpha value is -1.72. The predicted octanol–water partition coefficient (Wildman–Crippen LogP) is 1.66. The lowest BCUT2D eigenvalue weighted by molar-refractivity contribution is -0.120. The van der Waals surface area contributed by atoms with Gasteiger partial charge in [-0.15, -0.1) is 0 Å². The second-order valence-electron chi connectivity index (χ2n) is 4.11.